The zero-order chi connectivity index (χ0) is 13.9. The van der Waals surface area contributed by atoms with Crippen LogP contribution in [-0.4, -0.2) is 36.4 Å². The highest BCUT2D eigenvalue weighted by molar-refractivity contribution is 5.43. The molecule has 1 aliphatic heterocycles. The molecule has 19 heavy (non-hydrogen) atoms. The van der Waals surface area contributed by atoms with E-state index in [1.807, 2.05) is 20.8 Å². The largest absolute Gasteiger partial charge is 0.474 e. The molecule has 1 atom stereocenters. The summed E-state index contributed by atoms with van der Waals surface area (Å²) in [5.41, 5.74) is 1.17. The number of aryl methyl sites for hydroxylation is 1. The molecule has 1 fully saturated rings. The van der Waals surface area contributed by atoms with Crippen LogP contribution in [-0.2, 0) is 4.74 Å². The van der Waals surface area contributed by atoms with Gasteiger partial charge in [-0.05, 0) is 32.4 Å². The summed E-state index contributed by atoms with van der Waals surface area (Å²) in [5.74, 6) is 0.384. The molecule has 1 aromatic heterocycles. The van der Waals surface area contributed by atoms with Crippen LogP contribution in [0.1, 0.15) is 25.0 Å². The van der Waals surface area contributed by atoms with Crippen LogP contribution in [0.5, 0.6) is 5.88 Å². The maximum atomic E-state index is 9.11. The van der Waals surface area contributed by atoms with Gasteiger partial charge in [-0.3, -0.25) is 0 Å². The van der Waals surface area contributed by atoms with Gasteiger partial charge in [-0.1, -0.05) is 0 Å². The lowest BCUT2D eigenvalue weighted by molar-refractivity contribution is -0.107. The zero-order valence-electron chi connectivity index (χ0n) is 11.6. The fourth-order valence-electron chi connectivity index (χ4n) is 2.11. The van der Waals surface area contributed by atoms with Crippen molar-refractivity contribution in [2.75, 3.05) is 19.7 Å². The number of pyridine rings is 1. The van der Waals surface area contributed by atoms with Crippen molar-refractivity contribution in [3.05, 3.63) is 23.4 Å². The Hall–Kier alpha value is -1.64. The van der Waals surface area contributed by atoms with Crippen LogP contribution in [0.4, 0.5) is 0 Å². The molecule has 0 radical (unpaired) electrons. The first-order chi connectivity index (χ1) is 9.02. The molecule has 1 aliphatic rings. The molecule has 5 nitrogen and oxygen atoms in total. The Morgan fingerprint density at radius 1 is 1.63 bits per heavy atom. The van der Waals surface area contributed by atoms with Gasteiger partial charge in [0.1, 0.15) is 24.3 Å². The molecule has 0 aliphatic carbocycles. The molecule has 1 N–H and O–H groups in total. The van der Waals surface area contributed by atoms with Gasteiger partial charge in [-0.15, -0.1) is 0 Å². The van der Waals surface area contributed by atoms with Crippen molar-refractivity contribution in [3.8, 4) is 11.9 Å². The lowest BCUT2D eigenvalue weighted by Gasteiger charge is -2.36. The van der Waals surface area contributed by atoms with Crippen molar-refractivity contribution in [2.24, 2.45) is 0 Å². The fourth-order valence-corrected chi connectivity index (χ4v) is 2.11. The van der Waals surface area contributed by atoms with Crippen molar-refractivity contribution in [1.29, 1.82) is 5.26 Å². The Morgan fingerprint density at radius 2 is 2.42 bits per heavy atom. The smallest absolute Gasteiger partial charge is 0.232 e. The molecular weight excluding hydrogens is 242 g/mol. The van der Waals surface area contributed by atoms with E-state index in [4.69, 9.17) is 14.7 Å². The lowest BCUT2D eigenvalue weighted by Crippen LogP contribution is -2.52. The normalized spacial score (nSPS) is 21.7. The van der Waals surface area contributed by atoms with Crippen LogP contribution < -0.4 is 10.1 Å². The van der Waals surface area contributed by atoms with Gasteiger partial charge in [0.25, 0.3) is 0 Å². The van der Waals surface area contributed by atoms with E-state index < -0.39 is 0 Å². The molecule has 0 spiro atoms. The van der Waals surface area contributed by atoms with Crippen LogP contribution in [0.25, 0.3) is 0 Å². The summed E-state index contributed by atoms with van der Waals surface area (Å²) in [5, 5.41) is 12.4. The van der Waals surface area contributed by atoms with Gasteiger partial charge < -0.3 is 14.8 Å². The molecule has 2 heterocycles. The molecule has 0 amide bonds. The predicted octanol–water partition coefficient (Wildman–Crippen LogP) is 1.41. The molecule has 102 valence electrons. The molecular formula is C14H19N3O2. The van der Waals surface area contributed by atoms with Crippen molar-refractivity contribution in [2.45, 2.75) is 32.5 Å². The van der Waals surface area contributed by atoms with Gasteiger partial charge in [0, 0.05) is 19.3 Å². The summed E-state index contributed by atoms with van der Waals surface area (Å²) < 4.78 is 11.5. The number of aromatic nitrogens is 1. The van der Waals surface area contributed by atoms with E-state index in [1.54, 1.807) is 12.3 Å². The Balaban J connectivity index is 2.00. The first-order valence-electron chi connectivity index (χ1n) is 6.39. The van der Waals surface area contributed by atoms with E-state index in [9.17, 15) is 0 Å². The number of hydrogen-bond donors (Lipinski definition) is 1. The van der Waals surface area contributed by atoms with Crippen molar-refractivity contribution < 1.29 is 9.47 Å². The summed E-state index contributed by atoms with van der Waals surface area (Å²) in [6.07, 6.45) is 1.62. The number of nitriles is 1. The van der Waals surface area contributed by atoms with Crippen LogP contribution in [0, 0.1) is 18.3 Å². The maximum Gasteiger partial charge on any atom is 0.232 e. The van der Waals surface area contributed by atoms with E-state index >= 15 is 0 Å². The van der Waals surface area contributed by atoms with Crippen LogP contribution in [0.2, 0.25) is 0 Å². The standard InChI is InChI=1S/C14H19N3O2/c1-10-4-5-17-13(12(10)6-15)18-8-11-7-16-9-14(2,3)19-11/h4-5,11,16H,7-9H2,1-3H3. The molecule has 0 aromatic carbocycles. The van der Waals surface area contributed by atoms with Gasteiger partial charge in [0.15, 0.2) is 0 Å². The summed E-state index contributed by atoms with van der Waals surface area (Å²) in [4.78, 5) is 4.11. The fraction of sp³-hybridized carbons (Fsp3) is 0.571. The minimum atomic E-state index is -0.190. The maximum absolute atomic E-state index is 9.11. The number of rotatable bonds is 3. The van der Waals surface area contributed by atoms with Crippen molar-refractivity contribution in [1.82, 2.24) is 10.3 Å². The summed E-state index contributed by atoms with van der Waals surface area (Å²) >= 11 is 0. The third-order valence-electron chi connectivity index (χ3n) is 3.05. The Morgan fingerprint density at radius 3 is 3.11 bits per heavy atom. The Labute approximate surface area is 113 Å². The highest BCUT2D eigenvalue weighted by Crippen LogP contribution is 2.20. The van der Waals surface area contributed by atoms with E-state index in [-0.39, 0.29) is 11.7 Å². The predicted molar refractivity (Wildman–Crippen MR) is 71.0 cm³/mol. The summed E-state index contributed by atoms with van der Waals surface area (Å²) in [7, 11) is 0. The average Bonchev–Trinajstić information content (AvgIpc) is 2.35. The van der Waals surface area contributed by atoms with E-state index in [0.717, 1.165) is 18.7 Å². The number of hydrogen-bond acceptors (Lipinski definition) is 5. The Kier molecular flexibility index (Phi) is 4.03. The number of morpholine rings is 1. The molecule has 5 heteroatoms. The molecule has 0 saturated carbocycles. The lowest BCUT2D eigenvalue weighted by atomic mass is 10.1. The van der Waals surface area contributed by atoms with Gasteiger partial charge in [0.05, 0.1) is 5.60 Å². The van der Waals surface area contributed by atoms with E-state index in [1.165, 1.54) is 0 Å². The minimum absolute atomic E-state index is 0.0300. The second kappa shape index (κ2) is 5.55. The highest BCUT2D eigenvalue weighted by Gasteiger charge is 2.28. The van der Waals surface area contributed by atoms with Crippen LogP contribution >= 0.6 is 0 Å². The van der Waals surface area contributed by atoms with Gasteiger partial charge in [-0.2, -0.15) is 5.26 Å². The topological polar surface area (TPSA) is 67.2 Å². The number of nitrogens with zero attached hydrogens (tertiary/aromatic N) is 2. The van der Waals surface area contributed by atoms with Crippen molar-refractivity contribution in [3.63, 3.8) is 0 Å². The summed E-state index contributed by atoms with van der Waals surface area (Å²) in [6.45, 7) is 7.92. The zero-order valence-corrected chi connectivity index (χ0v) is 11.6. The molecule has 0 bridgehead atoms. The monoisotopic (exact) mass is 261 g/mol. The van der Waals surface area contributed by atoms with Crippen LogP contribution in [0.3, 0.4) is 0 Å². The molecule has 1 unspecified atom stereocenters. The first kappa shape index (κ1) is 13.8. The average molecular weight is 261 g/mol. The molecule has 1 saturated heterocycles. The number of ether oxygens (including phenoxy) is 2. The number of nitrogens with one attached hydrogen (secondary N) is 1. The highest BCUT2D eigenvalue weighted by atomic mass is 16.6. The first-order valence-corrected chi connectivity index (χ1v) is 6.39. The minimum Gasteiger partial charge on any atom is -0.474 e. The second-order valence-corrected chi connectivity index (χ2v) is 5.36. The third kappa shape index (κ3) is 3.43. The van der Waals surface area contributed by atoms with Crippen LogP contribution in [0.15, 0.2) is 12.3 Å². The van der Waals surface area contributed by atoms with E-state index in [2.05, 4.69) is 16.4 Å². The quantitative estimate of drug-likeness (QED) is 0.891. The molecule has 1 aromatic rings. The summed E-state index contributed by atoms with van der Waals surface area (Å²) in [6, 6.07) is 3.92. The SMILES string of the molecule is Cc1ccnc(OCC2CNCC(C)(C)O2)c1C#N. The second-order valence-electron chi connectivity index (χ2n) is 5.36. The van der Waals surface area contributed by atoms with E-state index in [0.29, 0.717) is 18.1 Å². The molecule has 2 rings (SSSR count). The Bertz CT molecular complexity index is 494. The van der Waals surface area contributed by atoms with Crippen molar-refractivity contribution >= 4 is 0 Å². The third-order valence-corrected chi connectivity index (χ3v) is 3.05. The van der Waals surface area contributed by atoms with Gasteiger partial charge in [0.2, 0.25) is 5.88 Å². The van der Waals surface area contributed by atoms with Gasteiger partial charge in [-0.25, -0.2) is 4.98 Å². The van der Waals surface area contributed by atoms with Gasteiger partial charge >= 0.3 is 0 Å².